The molecule has 0 bridgehead atoms. The van der Waals surface area contributed by atoms with E-state index in [4.69, 9.17) is 11.6 Å². The largest absolute Gasteiger partial charge is 0.336 e. The molecule has 2 heterocycles. The predicted molar refractivity (Wildman–Crippen MR) is 99.1 cm³/mol. The Morgan fingerprint density at radius 3 is 2.58 bits per heavy atom. The molecule has 1 aliphatic heterocycles. The molecular weight excluding hydrogens is 357 g/mol. The van der Waals surface area contributed by atoms with E-state index in [9.17, 15) is 14.0 Å². The second-order valence-corrected chi connectivity index (χ2v) is 6.97. The van der Waals surface area contributed by atoms with E-state index in [1.807, 2.05) is 6.07 Å². The monoisotopic (exact) mass is 377 g/mol. The summed E-state index contributed by atoms with van der Waals surface area (Å²) in [6, 6.07) is 6.53. The van der Waals surface area contributed by atoms with Gasteiger partial charge in [0.2, 0.25) is 0 Å². The van der Waals surface area contributed by atoms with Crippen molar-refractivity contribution in [2.24, 2.45) is 0 Å². The number of amides is 1. The Labute approximate surface area is 156 Å². The van der Waals surface area contributed by atoms with E-state index in [2.05, 4.69) is 9.88 Å². The summed E-state index contributed by atoms with van der Waals surface area (Å²) in [6.07, 6.45) is 0. The number of carbonyl (C=O) groups is 1. The molecule has 0 unspecified atom stereocenters. The molecule has 1 N–H and O–H groups in total. The summed E-state index contributed by atoms with van der Waals surface area (Å²) in [6.45, 7) is 6.39. The number of H-pyrrole nitrogens is 1. The molecule has 0 saturated carbocycles. The van der Waals surface area contributed by atoms with Crippen LogP contribution in [-0.4, -0.2) is 46.9 Å². The van der Waals surface area contributed by atoms with Crippen molar-refractivity contribution in [3.8, 4) is 0 Å². The van der Waals surface area contributed by atoms with E-state index in [1.165, 1.54) is 12.1 Å². The molecule has 138 valence electrons. The van der Waals surface area contributed by atoms with Crippen LogP contribution in [0, 0.1) is 19.7 Å². The maximum absolute atomic E-state index is 13.3. The molecule has 1 fully saturated rings. The van der Waals surface area contributed by atoms with Crippen molar-refractivity contribution < 1.29 is 9.18 Å². The van der Waals surface area contributed by atoms with Gasteiger partial charge in [0, 0.05) is 38.4 Å². The van der Waals surface area contributed by atoms with Gasteiger partial charge in [0.25, 0.3) is 11.5 Å². The molecule has 1 aromatic heterocycles. The minimum Gasteiger partial charge on any atom is -0.336 e. The van der Waals surface area contributed by atoms with Crippen molar-refractivity contribution in [2.45, 2.75) is 20.4 Å². The van der Waals surface area contributed by atoms with Crippen LogP contribution in [0.5, 0.6) is 0 Å². The lowest BCUT2D eigenvalue weighted by atomic mass is 10.1. The number of benzene rings is 1. The fourth-order valence-electron chi connectivity index (χ4n) is 3.27. The fraction of sp³-hybridized carbons (Fsp3) is 0.368. The van der Waals surface area contributed by atoms with Gasteiger partial charge in [-0.2, -0.15) is 0 Å². The summed E-state index contributed by atoms with van der Waals surface area (Å²) in [5, 5.41) is 0.415. The maximum Gasteiger partial charge on any atom is 0.261 e. The first kappa shape index (κ1) is 18.6. The minimum atomic E-state index is -0.406. The van der Waals surface area contributed by atoms with Gasteiger partial charge in [0.15, 0.2) is 0 Å². The van der Waals surface area contributed by atoms with Crippen LogP contribution in [0.1, 0.15) is 27.2 Å². The Morgan fingerprint density at radius 1 is 1.23 bits per heavy atom. The first-order valence-electron chi connectivity index (χ1n) is 8.52. The molecule has 26 heavy (non-hydrogen) atoms. The Kier molecular flexibility index (Phi) is 5.44. The molecular formula is C19H21ClFN3O2. The van der Waals surface area contributed by atoms with Crippen molar-refractivity contribution in [1.82, 2.24) is 14.8 Å². The summed E-state index contributed by atoms with van der Waals surface area (Å²) in [5.74, 6) is -0.543. The van der Waals surface area contributed by atoms with Crippen LogP contribution < -0.4 is 5.56 Å². The van der Waals surface area contributed by atoms with Crippen molar-refractivity contribution in [3.05, 3.63) is 67.8 Å². The van der Waals surface area contributed by atoms with Crippen LogP contribution in [0.4, 0.5) is 4.39 Å². The molecule has 1 saturated heterocycles. The van der Waals surface area contributed by atoms with Crippen LogP contribution in [0.2, 0.25) is 5.02 Å². The minimum absolute atomic E-state index is 0.110. The Morgan fingerprint density at radius 2 is 1.92 bits per heavy atom. The van der Waals surface area contributed by atoms with Gasteiger partial charge in [-0.05, 0) is 37.1 Å². The summed E-state index contributed by atoms with van der Waals surface area (Å²) in [5.41, 5.74) is 1.68. The number of rotatable bonds is 3. The zero-order valence-corrected chi connectivity index (χ0v) is 15.6. The molecule has 3 rings (SSSR count). The van der Waals surface area contributed by atoms with Gasteiger partial charge in [-0.3, -0.25) is 14.5 Å². The highest BCUT2D eigenvalue weighted by molar-refractivity contribution is 6.32. The molecule has 0 radical (unpaired) electrons. The summed E-state index contributed by atoms with van der Waals surface area (Å²) in [7, 11) is 0. The molecule has 2 aromatic rings. The first-order valence-corrected chi connectivity index (χ1v) is 8.89. The average Bonchev–Trinajstić information content (AvgIpc) is 2.60. The van der Waals surface area contributed by atoms with Crippen molar-refractivity contribution in [1.29, 1.82) is 0 Å². The van der Waals surface area contributed by atoms with Crippen LogP contribution in [0.25, 0.3) is 0 Å². The number of aromatic amines is 1. The van der Waals surface area contributed by atoms with E-state index in [0.717, 1.165) is 5.56 Å². The lowest BCUT2D eigenvalue weighted by molar-refractivity contribution is 0.0626. The predicted octanol–water partition coefficient (Wildman–Crippen LogP) is 2.74. The van der Waals surface area contributed by atoms with E-state index >= 15 is 0 Å². The molecule has 1 amide bonds. The highest BCUT2D eigenvalue weighted by Crippen LogP contribution is 2.20. The van der Waals surface area contributed by atoms with Crippen molar-refractivity contribution >= 4 is 17.5 Å². The summed E-state index contributed by atoms with van der Waals surface area (Å²) >= 11 is 6.18. The second kappa shape index (κ2) is 7.60. The third-order valence-corrected chi connectivity index (χ3v) is 5.30. The van der Waals surface area contributed by atoms with E-state index in [-0.39, 0.29) is 17.3 Å². The van der Waals surface area contributed by atoms with Crippen LogP contribution in [0.3, 0.4) is 0 Å². The Bertz CT molecular complexity index is 889. The second-order valence-electron chi connectivity index (χ2n) is 6.59. The standard InChI is InChI=1S/C19H21ClFN3O2/c1-12-16(18(25)22-13(2)17(12)20)19(26)24-8-6-23(7-9-24)11-14-4-3-5-15(21)10-14/h3-5,10H,6-9,11H2,1-2H3,(H,22,25). The Balaban J connectivity index is 1.68. The number of nitrogens with zero attached hydrogens (tertiary/aromatic N) is 2. The number of nitrogens with one attached hydrogen (secondary N) is 1. The molecule has 1 aromatic carbocycles. The first-order chi connectivity index (χ1) is 12.4. The fourth-order valence-corrected chi connectivity index (χ4v) is 3.41. The molecule has 5 nitrogen and oxygen atoms in total. The van der Waals surface area contributed by atoms with Gasteiger partial charge in [0.05, 0.1) is 5.02 Å². The topological polar surface area (TPSA) is 56.4 Å². The van der Waals surface area contributed by atoms with E-state index in [0.29, 0.717) is 49.0 Å². The number of hydrogen-bond donors (Lipinski definition) is 1. The number of aromatic nitrogens is 1. The van der Waals surface area contributed by atoms with Crippen LogP contribution >= 0.6 is 11.6 Å². The van der Waals surface area contributed by atoms with Gasteiger partial charge in [-0.25, -0.2) is 4.39 Å². The maximum atomic E-state index is 13.3. The number of halogens is 2. The normalized spacial score (nSPS) is 15.3. The third-order valence-electron chi connectivity index (χ3n) is 4.73. The number of piperazine rings is 1. The SMILES string of the molecule is Cc1[nH]c(=O)c(C(=O)N2CCN(Cc3cccc(F)c3)CC2)c(C)c1Cl. The summed E-state index contributed by atoms with van der Waals surface area (Å²) < 4.78 is 13.3. The quantitative estimate of drug-likeness (QED) is 0.894. The lowest BCUT2D eigenvalue weighted by Crippen LogP contribution is -2.49. The van der Waals surface area contributed by atoms with Crippen molar-refractivity contribution in [3.63, 3.8) is 0 Å². The third kappa shape index (κ3) is 3.81. The average molecular weight is 378 g/mol. The van der Waals surface area contributed by atoms with Gasteiger partial charge in [0.1, 0.15) is 11.4 Å². The van der Waals surface area contributed by atoms with Crippen LogP contribution in [0.15, 0.2) is 29.1 Å². The zero-order chi connectivity index (χ0) is 18.8. The van der Waals surface area contributed by atoms with E-state index < -0.39 is 5.56 Å². The van der Waals surface area contributed by atoms with Crippen molar-refractivity contribution in [2.75, 3.05) is 26.2 Å². The summed E-state index contributed by atoms with van der Waals surface area (Å²) in [4.78, 5) is 31.5. The molecule has 0 spiro atoms. The Hall–Kier alpha value is -2.18. The molecule has 0 aliphatic carbocycles. The van der Waals surface area contributed by atoms with E-state index in [1.54, 1.807) is 24.8 Å². The van der Waals surface area contributed by atoms with Crippen LogP contribution in [-0.2, 0) is 6.54 Å². The number of aryl methyl sites for hydroxylation is 1. The molecule has 7 heteroatoms. The van der Waals surface area contributed by atoms with Gasteiger partial charge < -0.3 is 9.88 Å². The number of carbonyl (C=O) groups excluding carboxylic acids is 1. The number of hydrogen-bond acceptors (Lipinski definition) is 3. The molecule has 1 aliphatic rings. The van der Waals surface area contributed by atoms with Gasteiger partial charge >= 0.3 is 0 Å². The molecule has 0 atom stereocenters. The zero-order valence-electron chi connectivity index (χ0n) is 14.8. The lowest BCUT2D eigenvalue weighted by Gasteiger charge is -2.35. The van der Waals surface area contributed by atoms with Gasteiger partial charge in [-0.15, -0.1) is 0 Å². The highest BCUT2D eigenvalue weighted by atomic mass is 35.5. The highest BCUT2D eigenvalue weighted by Gasteiger charge is 2.26. The smallest absolute Gasteiger partial charge is 0.261 e. The number of pyridine rings is 1. The van der Waals surface area contributed by atoms with Gasteiger partial charge in [-0.1, -0.05) is 23.7 Å².